The molecule has 1 N–H and O–H groups in total. The zero-order valence-electron chi connectivity index (χ0n) is 15.2. The Morgan fingerprint density at radius 1 is 1.11 bits per heavy atom. The van der Waals surface area contributed by atoms with Crippen molar-refractivity contribution in [3.63, 3.8) is 0 Å². The molecule has 3 heterocycles. The quantitative estimate of drug-likeness (QED) is 0.775. The van der Waals surface area contributed by atoms with Gasteiger partial charge in [0.1, 0.15) is 17.3 Å². The third kappa shape index (κ3) is 3.95. The minimum atomic E-state index is -0.218. The Kier molecular flexibility index (Phi) is 4.78. The largest absolute Gasteiger partial charge is 0.352 e. The molecule has 0 bridgehead atoms. The van der Waals surface area contributed by atoms with Gasteiger partial charge in [-0.1, -0.05) is 30.3 Å². The van der Waals surface area contributed by atoms with Crippen LogP contribution in [0.3, 0.4) is 0 Å². The van der Waals surface area contributed by atoms with E-state index in [9.17, 15) is 4.79 Å². The lowest BCUT2D eigenvalue weighted by Gasteiger charge is -2.30. The number of benzene rings is 1. The van der Waals surface area contributed by atoms with Crippen LogP contribution < -0.4 is 10.2 Å². The van der Waals surface area contributed by atoms with Gasteiger partial charge < -0.3 is 10.2 Å². The van der Waals surface area contributed by atoms with E-state index in [1.807, 2.05) is 25.1 Å². The zero-order valence-corrected chi connectivity index (χ0v) is 15.2. The maximum absolute atomic E-state index is 12.6. The molecule has 0 unspecified atom stereocenters. The number of carbonyl (C=O) groups excluding carboxylic acids is 1. The number of hydrogen-bond acceptors (Lipinski definition) is 5. The molecule has 136 valence electrons. The third-order valence-electron chi connectivity index (χ3n) is 4.67. The molecule has 2 aromatic heterocycles. The van der Waals surface area contributed by atoms with Gasteiger partial charge in [0.2, 0.25) is 0 Å². The van der Waals surface area contributed by atoms with Crippen LogP contribution in [0.1, 0.15) is 33.1 Å². The fourth-order valence-electron chi connectivity index (χ4n) is 3.29. The molecule has 0 atom stereocenters. The molecule has 0 fully saturated rings. The molecule has 0 saturated carbocycles. The number of fused-ring (bicyclic) bond motifs is 1. The smallest absolute Gasteiger partial charge is 0.270 e. The van der Waals surface area contributed by atoms with Crippen LogP contribution in [0.25, 0.3) is 0 Å². The van der Waals surface area contributed by atoms with E-state index in [1.165, 1.54) is 11.1 Å². The van der Waals surface area contributed by atoms with E-state index >= 15 is 0 Å². The van der Waals surface area contributed by atoms with Crippen molar-refractivity contribution in [1.29, 1.82) is 0 Å². The van der Waals surface area contributed by atoms with E-state index < -0.39 is 0 Å². The predicted octanol–water partition coefficient (Wildman–Crippen LogP) is 2.67. The lowest BCUT2D eigenvalue weighted by molar-refractivity contribution is 0.0945. The number of nitrogens with one attached hydrogen (secondary N) is 1. The standard InChI is InChI=1S/C21H21N5O/c1-15-24-19(21(27)23-13-18-8-4-5-10-22-18)12-20(25-15)26-11-9-16-6-2-3-7-17(16)14-26/h2-8,10,12H,9,11,13-14H2,1H3,(H,23,27). The number of carbonyl (C=O) groups is 1. The van der Waals surface area contributed by atoms with E-state index in [1.54, 1.807) is 12.3 Å². The monoisotopic (exact) mass is 359 g/mol. The highest BCUT2D eigenvalue weighted by atomic mass is 16.1. The SMILES string of the molecule is Cc1nc(C(=O)NCc2ccccn2)cc(N2CCc3ccccc3C2)n1. The maximum atomic E-state index is 12.6. The average molecular weight is 359 g/mol. The van der Waals surface area contributed by atoms with Crippen LogP contribution in [0.5, 0.6) is 0 Å². The molecule has 1 aliphatic rings. The van der Waals surface area contributed by atoms with Gasteiger partial charge in [0.15, 0.2) is 0 Å². The van der Waals surface area contributed by atoms with Crippen molar-refractivity contribution in [2.24, 2.45) is 0 Å². The molecule has 4 rings (SSSR count). The Hall–Kier alpha value is -3.28. The summed E-state index contributed by atoms with van der Waals surface area (Å²) in [6, 6.07) is 15.9. The molecular weight excluding hydrogens is 338 g/mol. The van der Waals surface area contributed by atoms with E-state index in [4.69, 9.17) is 0 Å². The van der Waals surface area contributed by atoms with Crippen LogP contribution in [-0.2, 0) is 19.5 Å². The number of hydrogen-bond donors (Lipinski definition) is 1. The molecule has 0 radical (unpaired) electrons. The second-order valence-electron chi connectivity index (χ2n) is 6.60. The first-order valence-corrected chi connectivity index (χ1v) is 9.04. The molecule has 0 spiro atoms. The van der Waals surface area contributed by atoms with E-state index in [2.05, 4.69) is 49.4 Å². The fraction of sp³-hybridized carbons (Fsp3) is 0.238. The first-order valence-electron chi connectivity index (χ1n) is 9.04. The molecule has 1 amide bonds. The molecular formula is C21H21N5O. The van der Waals surface area contributed by atoms with E-state index in [0.717, 1.165) is 31.0 Å². The Labute approximate surface area is 158 Å². The maximum Gasteiger partial charge on any atom is 0.270 e. The number of pyridine rings is 1. The minimum Gasteiger partial charge on any atom is -0.352 e. The van der Waals surface area contributed by atoms with Crippen LogP contribution in [0.4, 0.5) is 5.82 Å². The van der Waals surface area contributed by atoms with Gasteiger partial charge in [-0.15, -0.1) is 0 Å². The lowest BCUT2D eigenvalue weighted by atomic mass is 10.00. The van der Waals surface area contributed by atoms with Crippen LogP contribution in [0.2, 0.25) is 0 Å². The highest BCUT2D eigenvalue weighted by Gasteiger charge is 2.19. The Bertz CT molecular complexity index is 958. The van der Waals surface area contributed by atoms with Crippen molar-refractivity contribution < 1.29 is 4.79 Å². The summed E-state index contributed by atoms with van der Waals surface area (Å²) in [5.74, 6) is 1.17. The number of aromatic nitrogens is 3. The number of aryl methyl sites for hydroxylation is 1. The average Bonchev–Trinajstić information content (AvgIpc) is 2.72. The second kappa shape index (κ2) is 7.53. The highest BCUT2D eigenvalue weighted by molar-refractivity contribution is 5.92. The minimum absolute atomic E-state index is 0.218. The molecule has 0 saturated heterocycles. The summed E-state index contributed by atoms with van der Waals surface area (Å²) >= 11 is 0. The first-order chi connectivity index (χ1) is 13.2. The number of anilines is 1. The van der Waals surface area contributed by atoms with Gasteiger partial charge >= 0.3 is 0 Å². The topological polar surface area (TPSA) is 71.0 Å². The summed E-state index contributed by atoms with van der Waals surface area (Å²) in [5.41, 5.74) is 3.88. The van der Waals surface area contributed by atoms with Crippen LogP contribution in [-0.4, -0.2) is 27.4 Å². The first kappa shape index (κ1) is 17.1. The zero-order chi connectivity index (χ0) is 18.6. The molecule has 27 heavy (non-hydrogen) atoms. The lowest BCUT2D eigenvalue weighted by Crippen LogP contribution is -2.32. The molecule has 6 nitrogen and oxygen atoms in total. The van der Waals surface area contributed by atoms with Crippen molar-refractivity contribution in [3.8, 4) is 0 Å². The number of nitrogens with zero attached hydrogens (tertiary/aromatic N) is 4. The second-order valence-corrected chi connectivity index (χ2v) is 6.60. The van der Waals surface area contributed by atoms with Crippen LogP contribution in [0, 0.1) is 6.92 Å². The van der Waals surface area contributed by atoms with Crippen molar-refractivity contribution in [3.05, 3.63) is 83.1 Å². The van der Waals surface area contributed by atoms with Gasteiger partial charge in [-0.3, -0.25) is 9.78 Å². The van der Waals surface area contributed by atoms with Crippen LogP contribution in [0.15, 0.2) is 54.7 Å². The summed E-state index contributed by atoms with van der Waals surface area (Å²) in [4.78, 5) is 27.8. The van der Waals surface area contributed by atoms with Gasteiger partial charge in [0.05, 0.1) is 12.2 Å². The van der Waals surface area contributed by atoms with E-state index in [-0.39, 0.29) is 5.91 Å². The predicted molar refractivity (Wildman–Crippen MR) is 103 cm³/mol. The van der Waals surface area contributed by atoms with Gasteiger partial charge in [0.25, 0.3) is 5.91 Å². The summed E-state index contributed by atoms with van der Waals surface area (Å²) in [5, 5.41) is 2.88. The molecule has 0 aliphatic carbocycles. The summed E-state index contributed by atoms with van der Waals surface area (Å²) in [7, 11) is 0. The summed E-state index contributed by atoms with van der Waals surface area (Å²) in [6.07, 6.45) is 2.68. The summed E-state index contributed by atoms with van der Waals surface area (Å²) < 4.78 is 0. The van der Waals surface area contributed by atoms with Crippen molar-refractivity contribution in [2.75, 3.05) is 11.4 Å². The Morgan fingerprint density at radius 3 is 2.74 bits per heavy atom. The van der Waals surface area contributed by atoms with Gasteiger partial charge in [-0.05, 0) is 36.6 Å². The van der Waals surface area contributed by atoms with Gasteiger partial charge in [0, 0.05) is 25.4 Å². The van der Waals surface area contributed by atoms with Crippen LogP contribution >= 0.6 is 0 Å². The van der Waals surface area contributed by atoms with Gasteiger partial charge in [-0.25, -0.2) is 9.97 Å². The van der Waals surface area contributed by atoms with Crippen molar-refractivity contribution >= 4 is 11.7 Å². The molecule has 6 heteroatoms. The van der Waals surface area contributed by atoms with Crippen molar-refractivity contribution in [1.82, 2.24) is 20.3 Å². The third-order valence-corrected chi connectivity index (χ3v) is 4.67. The van der Waals surface area contributed by atoms with Crippen molar-refractivity contribution in [2.45, 2.75) is 26.4 Å². The normalized spacial score (nSPS) is 13.1. The van der Waals surface area contributed by atoms with E-state index in [0.29, 0.717) is 18.1 Å². The van der Waals surface area contributed by atoms with Gasteiger partial charge in [-0.2, -0.15) is 0 Å². The molecule has 1 aliphatic heterocycles. The fourth-order valence-corrected chi connectivity index (χ4v) is 3.29. The Morgan fingerprint density at radius 2 is 1.93 bits per heavy atom. The number of amides is 1. The molecule has 1 aromatic carbocycles. The number of rotatable bonds is 4. The highest BCUT2D eigenvalue weighted by Crippen LogP contribution is 2.23. The Balaban J connectivity index is 1.51. The summed E-state index contributed by atoms with van der Waals surface area (Å²) in [6.45, 7) is 3.86. The molecule has 3 aromatic rings.